The van der Waals surface area contributed by atoms with Crippen LogP contribution in [0.1, 0.15) is 5.56 Å². The van der Waals surface area contributed by atoms with Crippen LogP contribution >= 0.6 is 0 Å². The van der Waals surface area contributed by atoms with Crippen molar-refractivity contribution in [2.45, 2.75) is 6.54 Å². The van der Waals surface area contributed by atoms with Gasteiger partial charge in [0.15, 0.2) is 0 Å². The molecule has 0 unspecified atom stereocenters. The molecule has 4 nitrogen and oxygen atoms in total. The maximum atomic E-state index is 12.7. The van der Waals surface area contributed by atoms with Gasteiger partial charge in [-0.3, -0.25) is 9.69 Å². The minimum Gasteiger partial charge on any atom is -0.340 e. The van der Waals surface area contributed by atoms with Crippen LogP contribution in [0.3, 0.4) is 0 Å². The number of halogens is 1. The molecule has 1 aromatic carbocycles. The summed E-state index contributed by atoms with van der Waals surface area (Å²) in [4.78, 5) is 15.0. The first-order chi connectivity index (χ1) is 8.52. The number of likely N-dealkylation sites (N-methyl/N-ethyl adjacent to an activating group) is 2. The highest BCUT2D eigenvalue weighted by Gasteiger charge is 2.11. The first kappa shape index (κ1) is 14.1. The predicted octanol–water partition coefficient (Wildman–Crippen LogP) is 1.24. The molecule has 0 aliphatic carbocycles. The standard InChI is InChI=1S/C13H16FN3O/c1-16(8-7-15)10-13(18)17(2)9-11-3-5-12(14)6-4-11/h3-6H,8-10H2,1-2H3. The van der Waals surface area contributed by atoms with E-state index in [4.69, 9.17) is 5.26 Å². The van der Waals surface area contributed by atoms with Crippen molar-refractivity contribution >= 4 is 5.91 Å². The van der Waals surface area contributed by atoms with E-state index in [-0.39, 0.29) is 24.8 Å². The average Bonchev–Trinajstić information content (AvgIpc) is 2.32. The number of nitrogens with zero attached hydrogens (tertiary/aromatic N) is 3. The van der Waals surface area contributed by atoms with Gasteiger partial charge in [0.05, 0.1) is 19.2 Å². The number of carbonyl (C=O) groups is 1. The third-order valence-electron chi connectivity index (χ3n) is 2.50. The smallest absolute Gasteiger partial charge is 0.236 e. The molecular formula is C13H16FN3O. The molecule has 96 valence electrons. The fourth-order valence-electron chi connectivity index (χ4n) is 1.48. The van der Waals surface area contributed by atoms with Crippen molar-refractivity contribution in [3.8, 4) is 6.07 Å². The van der Waals surface area contributed by atoms with Crippen LogP contribution in [0.5, 0.6) is 0 Å². The second-order valence-electron chi connectivity index (χ2n) is 4.21. The molecule has 0 aliphatic heterocycles. The lowest BCUT2D eigenvalue weighted by atomic mass is 10.2. The lowest BCUT2D eigenvalue weighted by molar-refractivity contribution is -0.131. The monoisotopic (exact) mass is 249 g/mol. The maximum Gasteiger partial charge on any atom is 0.236 e. The highest BCUT2D eigenvalue weighted by atomic mass is 19.1. The summed E-state index contributed by atoms with van der Waals surface area (Å²) in [5.74, 6) is -0.362. The molecule has 0 N–H and O–H groups in total. The van der Waals surface area contributed by atoms with E-state index in [9.17, 15) is 9.18 Å². The fourth-order valence-corrected chi connectivity index (χ4v) is 1.48. The van der Waals surface area contributed by atoms with E-state index in [1.54, 1.807) is 36.0 Å². The predicted molar refractivity (Wildman–Crippen MR) is 66.0 cm³/mol. The minimum absolute atomic E-state index is 0.0722. The number of hydrogen-bond donors (Lipinski definition) is 0. The van der Waals surface area contributed by atoms with Gasteiger partial charge in [-0.15, -0.1) is 0 Å². The van der Waals surface area contributed by atoms with E-state index in [1.807, 2.05) is 6.07 Å². The van der Waals surface area contributed by atoms with Crippen LogP contribution in [0.4, 0.5) is 4.39 Å². The zero-order valence-corrected chi connectivity index (χ0v) is 10.6. The minimum atomic E-state index is -0.290. The molecule has 1 amide bonds. The molecule has 0 fully saturated rings. The Labute approximate surface area is 106 Å². The van der Waals surface area contributed by atoms with Crippen molar-refractivity contribution < 1.29 is 9.18 Å². The molecule has 0 saturated heterocycles. The number of nitriles is 1. The van der Waals surface area contributed by atoms with Gasteiger partial charge in [-0.1, -0.05) is 12.1 Å². The quantitative estimate of drug-likeness (QED) is 0.738. The van der Waals surface area contributed by atoms with Crippen LogP contribution in [0.15, 0.2) is 24.3 Å². The third-order valence-corrected chi connectivity index (χ3v) is 2.50. The summed E-state index contributed by atoms with van der Waals surface area (Å²) in [7, 11) is 3.40. The van der Waals surface area contributed by atoms with Crippen molar-refractivity contribution in [3.05, 3.63) is 35.6 Å². The van der Waals surface area contributed by atoms with Crippen molar-refractivity contribution in [3.63, 3.8) is 0 Å². The van der Waals surface area contributed by atoms with Crippen molar-refractivity contribution in [2.24, 2.45) is 0 Å². The van der Waals surface area contributed by atoms with Crippen LogP contribution in [-0.4, -0.2) is 42.9 Å². The Balaban J connectivity index is 2.50. The molecule has 0 saturated carbocycles. The molecule has 0 radical (unpaired) electrons. The number of rotatable bonds is 5. The topological polar surface area (TPSA) is 47.3 Å². The van der Waals surface area contributed by atoms with Gasteiger partial charge in [0, 0.05) is 13.6 Å². The van der Waals surface area contributed by atoms with Gasteiger partial charge in [-0.25, -0.2) is 4.39 Å². The third kappa shape index (κ3) is 4.52. The Kier molecular flexibility index (Phi) is 5.28. The Morgan fingerprint density at radius 1 is 1.33 bits per heavy atom. The SMILES string of the molecule is CN(CC#N)CC(=O)N(C)Cc1ccc(F)cc1. The first-order valence-corrected chi connectivity index (χ1v) is 5.57. The van der Waals surface area contributed by atoms with Crippen molar-refractivity contribution in [2.75, 3.05) is 27.2 Å². The van der Waals surface area contributed by atoms with Crippen LogP contribution in [-0.2, 0) is 11.3 Å². The van der Waals surface area contributed by atoms with E-state index in [0.29, 0.717) is 6.54 Å². The molecule has 0 aliphatic rings. The maximum absolute atomic E-state index is 12.7. The summed E-state index contributed by atoms with van der Waals surface area (Å²) in [6.07, 6.45) is 0. The normalized spacial score (nSPS) is 10.2. The lowest BCUT2D eigenvalue weighted by Gasteiger charge is -2.20. The number of hydrogen-bond acceptors (Lipinski definition) is 3. The average molecular weight is 249 g/mol. The summed E-state index contributed by atoms with van der Waals surface area (Å²) < 4.78 is 12.7. The molecule has 1 rings (SSSR count). The fraction of sp³-hybridized carbons (Fsp3) is 0.385. The summed E-state index contributed by atoms with van der Waals surface area (Å²) >= 11 is 0. The second-order valence-corrected chi connectivity index (χ2v) is 4.21. The van der Waals surface area contributed by atoms with Gasteiger partial charge in [-0.2, -0.15) is 5.26 Å². The zero-order valence-electron chi connectivity index (χ0n) is 10.6. The largest absolute Gasteiger partial charge is 0.340 e. The van der Waals surface area contributed by atoms with E-state index >= 15 is 0 Å². The van der Waals surface area contributed by atoms with E-state index in [2.05, 4.69) is 0 Å². The van der Waals surface area contributed by atoms with Gasteiger partial charge in [0.25, 0.3) is 0 Å². The van der Waals surface area contributed by atoms with E-state index in [0.717, 1.165) is 5.56 Å². The van der Waals surface area contributed by atoms with Crippen LogP contribution in [0.25, 0.3) is 0 Å². The van der Waals surface area contributed by atoms with Crippen LogP contribution in [0.2, 0.25) is 0 Å². The highest BCUT2D eigenvalue weighted by molar-refractivity contribution is 5.77. The van der Waals surface area contributed by atoms with Crippen molar-refractivity contribution in [1.82, 2.24) is 9.80 Å². The summed E-state index contributed by atoms with van der Waals surface area (Å²) in [6.45, 7) is 0.848. The molecule has 1 aromatic rings. The molecule has 0 aromatic heterocycles. The van der Waals surface area contributed by atoms with Gasteiger partial charge in [0.2, 0.25) is 5.91 Å². The summed E-state index contributed by atoms with van der Waals surface area (Å²) in [5.41, 5.74) is 0.871. The van der Waals surface area contributed by atoms with Gasteiger partial charge in [0.1, 0.15) is 5.82 Å². The van der Waals surface area contributed by atoms with Crippen LogP contribution in [0, 0.1) is 17.1 Å². The number of carbonyl (C=O) groups excluding carboxylic acids is 1. The molecule has 0 atom stereocenters. The molecule has 0 spiro atoms. The second kappa shape index (κ2) is 6.72. The number of benzene rings is 1. The Bertz CT molecular complexity index is 439. The molecule has 18 heavy (non-hydrogen) atoms. The Hall–Kier alpha value is -1.93. The summed E-state index contributed by atoms with van der Waals surface area (Å²) in [5, 5.41) is 8.50. The van der Waals surface area contributed by atoms with E-state index < -0.39 is 0 Å². The van der Waals surface area contributed by atoms with Crippen LogP contribution < -0.4 is 0 Å². The zero-order chi connectivity index (χ0) is 13.5. The molecule has 5 heteroatoms. The molecule has 0 bridgehead atoms. The Morgan fingerprint density at radius 3 is 2.50 bits per heavy atom. The highest BCUT2D eigenvalue weighted by Crippen LogP contribution is 2.05. The molecular weight excluding hydrogens is 233 g/mol. The Morgan fingerprint density at radius 2 is 1.94 bits per heavy atom. The lowest BCUT2D eigenvalue weighted by Crippen LogP contribution is -2.36. The number of amides is 1. The van der Waals surface area contributed by atoms with Crippen molar-refractivity contribution in [1.29, 1.82) is 5.26 Å². The first-order valence-electron chi connectivity index (χ1n) is 5.57. The van der Waals surface area contributed by atoms with E-state index in [1.165, 1.54) is 12.1 Å². The van der Waals surface area contributed by atoms with Gasteiger partial charge < -0.3 is 4.90 Å². The molecule has 0 heterocycles. The van der Waals surface area contributed by atoms with Gasteiger partial charge in [-0.05, 0) is 24.7 Å². The van der Waals surface area contributed by atoms with Gasteiger partial charge >= 0.3 is 0 Å². The summed E-state index contributed by atoms with van der Waals surface area (Å²) in [6, 6.07) is 8.02.